The first-order chi connectivity index (χ1) is 15.9. The number of imide groups is 1. The van der Waals surface area contributed by atoms with Crippen LogP contribution >= 0.6 is 0 Å². The number of nitro benzene ring substituents is 1. The number of carbonyl (C=O) groups is 3. The fourth-order valence-corrected chi connectivity index (χ4v) is 6.35. The van der Waals surface area contributed by atoms with Crippen molar-refractivity contribution in [3.05, 3.63) is 105 Å². The van der Waals surface area contributed by atoms with Crippen molar-refractivity contribution in [1.29, 1.82) is 0 Å². The van der Waals surface area contributed by atoms with Crippen LogP contribution in [0.5, 0.6) is 0 Å². The van der Waals surface area contributed by atoms with Crippen LogP contribution in [0.1, 0.15) is 35.1 Å². The van der Waals surface area contributed by atoms with Crippen molar-refractivity contribution in [1.82, 2.24) is 0 Å². The Kier molecular flexibility index (Phi) is 3.82. The number of ketones is 1. The zero-order valence-electron chi connectivity index (χ0n) is 17.6. The number of anilines is 1. The summed E-state index contributed by atoms with van der Waals surface area (Å²) < 4.78 is 0. The molecule has 0 saturated carbocycles. The van der Waals surface area contributed by atoms with Crippen LogP contribution in [-0.2, 0) is 19.8 Å². The van der Waals surface area contributed by atoms with Crippen molar-refractivity contribution >= 4 is 29.0 Å². The number of amides is 2. The van der Waals surface area contributed by atoms with Crippen molar-refractivity contribution in [2.24, 2.45) is 11.8 Å². The van der Waals surface area contributed by atoms with E-state index in [1.807, 2.05) is 48.5 Å². The van der Waals surface area contributed by atoms with Gasteiger partial charge in [-0.05, 0) is 41.3 Å². The smallest absolute Gasteiger partial charge is 0.269 e. The topological polar surface area (TPSA) is 97.6 Å². The largest absolute Gasteiger partial charge is 0.299 e. The van der Waals surface area contributed by atoms with Crippen molar-refractivity contribution in [2.45, 2.75) is 18.3 Å². The van der Waals surface area contributed by atoms with E-state index in [9.17, 15) is 24.5 Å². The average Bonchev–Trinajstić information content (AvgIpc) is 3.09. The quantitative estimate of drug-likeness (QED) is 0.353. The number of rotatable bonds is 3. The summed E-state index contributed by atoms with van der Waals surface area (Å²) in [5.41, 5.74) is 2.27. The molecule has 4 aliphatic rings. The number of hydrogen-bond acceptors (Lipinski definition) is 5. The van der Waals surface area contributed by atoms with Crippen LogP contribution in [0, 0.1) is 22.0 Å². The zero-order chi connectivity index (χ0) is 23.1. The SMILES string of the molecule is CC(=O)C12c3ccccc3C(c3ccccc31)C1C(=O)N(c3ccc([N+](=O)[O-])cc3)C(=O)C12. The van der Waals surface area contributed by atoms with Crippen LogP contribution in [0.4, 0.5) is 11.4 Å². The highest BCUT2D eigenvalue weighted by Crippen LogP contribution is 2.64. The fourth-order valence-electron chi connectivity index (χ4n) is 6.35. The lowest BCUT2D eigenvalue weighted by molar-refractivity contribution is -0.384. The predicted octanol–water partition coefficient (Wildman–Crippen LogP) is 3.73. The van der Waals surface area contributed by atoms with E-state index in [2.05, 4.69) is 0 Å². The lowest BCUT2D eigenvalue weighted by atomic mass is 9.46. The number of carbonyl (C=O) groups excluding carboxylic acids is 3. The highest BCUT2D eigenvalue weighted by Gasteiger charge is 2.69. The number of benzene rings is 3. The second-order valence-corrected chi connectivity index (χ2v) is 8.81. The number of nitrogens with zero attached hydrogens (tertiary/aromatic N) is 2. The Bertz CT molecular complexity index is 1350. The molecule has 0 aromatic heterocycles. The molecule has 3 aliphatic carbocycles. The first kappa shape index (κ1) is 19.5. The summed E-state index contributed by atoms with van der Waals surface area (Å²) in [6.07, 6.45) is 0. The standard InChI is InChI=1S/C26H18N2O5/c1-14(29)26-19-8-4-2-6-17(19)21(18-7-3-5-9-20(18)26)22-23(26)25(31)27(24(22)30)15-10-12-16(13-11-15)28(32)33/h2-13,21-23H,1H3. The summed E-state index contributed by atoms with van der Waals surface area (Å²) in [4.78, 5) is 52.8. The molecule has 7 heteroatoms. The molecule has 2 bridgehead atoms. The van der Waals surface area contributed by atoms with Gasteiger partial charge in [-0.15, -0.1) is 0 Å². The van der Waals surface area contributed by atoms with Crippen LogP contribution in [0.3, 0.4) is 0 Å². The number of hydrogen-bond donors (Lipinski definition) is 0. The second-order valence-electron chi connectivity index (χ2n) is 8.81. The lowest BCUT2D eigenvalue weighted by Crippen LogP contribution is -2.57. The summed E-state index contributed by atoms with van der Waals surface area (Å²) >= 11 is 0. The summed E-state index contributed by atoms with van der Waals surface area (Å²) in [5.74, 6) is -2.93. The monoisotopic (exact) mass is 438 g/mol. The van der Waals surface area contributed by atoms with Crippen molar-refractivity contribution in [3.63, 3.8) is 0 Å². The summed E-state index contributed by atoms with van der Waals surface area (Å²) in [5, 5.41) is 11.1. The molecule has 7 nitrogen and oxygen atoms in total. The van der Waals surface area contributed by atoms with Crippen LogP contribution in [0.2, 0.25) is 0 Å². The first-order valence-corrected chi connectivity index (χ1v) is 10.7. The highest BCUT2D eigenvalue weighted by molar-refractivity contribution is 6.25. The second kappa shape index (κ2) is 6.45. The van der Waals surface area contributed by atoms with E-state index in [0.29, 0.717) is 0 Å². The maximum absolute atomic E-state index is 13.9. The van der Waals surface area contributed by atoms with Gasteiger partial charge in [0.2, 0.25) is 11.8 Å². The molecule has 2 unspecified atom stereocenters. The van der Waals surface area contributed by atoms with Gasteiger partial charge in [-0.3, -0.25) is 24.5 Å². The number of non-ortho nitro benzene ring substituents is 1. The van der Waals surface area contributed by atoms with Crippen LogP contribution in [0.15, 0.2) is 72.8 Å². The normalized spacial score (nSPS) is 26.6. The van der Waals surface area contributed by atoms with Gasteiger partial charge in [0, 0.05) is 18.1 Å². The fraction of sp³-hybridized carbons (Fsp3) is 0.192. The summed E-state index contributed by atoms with van der Waals surface area (Å²) in [6, 6.07) is 20.5. The Hall–Kier alpha value is -4.13. The van der Waals surface area contributed by atoms with E-state index in [-0.39, 0.29) is 29.0 Å². The third-order valence-corrected chi connectivity index (χ3v) is 7.49. The molecule has 2 atom stereocenters. The molecule has 3 aromatic rings. The van der Waals surface area contributed by atoms with Gasteiger partial charge in [0.15, 0.2) is 0 Å². The summed E-state index contributed by atoms with van der Waals surface area (Å²) in [6.45, 7) is 1.49. The predicted molar refractivity (Wildman–Crippen MR) is 119 cm³/mol. The Morgan fingerprint density at radius 2 is 1.42 bits per heavy atom. The third kappa shape index (κ3) is 2.21. The minimum absolute atomic E-state index is 0.129. The maximum Gasteiger partial charge on any atom is 0.269 e. The molecule has 162 valence electrons. The van der Waals surface area contributed by atoms with Crippen molar-refractivity contribution in [3.8, 4) is 0 Å². The minimum Gasteiger partial charge on any atom is -0.299 e. The van der Waals surface area contributed by atoms with Gasteiger partial charge < -0.3 is 0 Å². The number of nitro groups is 1. The Morgan fingerprint density at radius 3 is 1.94 bits per heavy atom. The van der Waals surface area contributed by atoms with Gasteiger partial charge >= 0.3 is 0 Å². The minimum atomic E-state index is -1.26. The third-order valence-electron chi connectivity index (χ3n) is 7.49. The Morgan fingerprint density at radius 1 is 0.879 bits per heavy atom. The summed E-state index contributed by atoms with van der Waals surface area (Å²) in [7, 11) is 0. The van der Waals surface area contributed by atoms with Crippen LogP contribution < -0.4 is 4.90 Å². The molecule has 1 heterocycles. The van der Waals surface area contributed by atoms with Gasteiger partial charge in [0.05, 0.1) is 27.9 Å². The van der Waals surface area contributed by atoms with Gasteiger partial charge in [-0.25, -0.2) is 4.90 Å². The van der Waals surface area contributed by atoms with E-state index in [4.69, 9.17) is 0 Å². The Labute approximate surface area is 188 Å². The van der Waals surface area contributed by atoms with E-state index < -0.39 is 28.1 Å². The molecule has 7 rings (SSSR count). The van der Waals surface area contributed by atoms with Gasteiger partial charge in [0.1, 0.15) is 5.78 Å². The molecule has 1 fully saturated rings. The molecular weight excluding hydrogens is 420 g/mol. The van der Waals surface area contributed by atoms with Gasteiger partial charge in [0.25, 0.3) is 5.69 Å². The molecule has 3 aromatic carbocycles. The van der Waals surface area contributed by atoms with Crippen molar-refractivity contribution < 1.29 is 19.3 Å². The first-order valence-electron chi connectivity index (χ1n) is 10.7. The molecule has 0 radical (unpaired) electrons. The zero-order valence-corrected chi connectivity index (χ0v) is 17.6. The Balaban J connectivity index is 1.61. The molecule has 2 amide bonds. The van der Waals surface area contributed by atoms with Crippen LogP contribution in [-0.4, -0.2) is 22.5 Å². The van der Waals surface area contributed by atoms with Crippen molar-refractivity contribution in [2.75, 3.05) is 4.90 Å². The molecule has 0 spiro atoms. The molecule has 1 saturated heterocycles. The van der Waals surface area contributed by atoms with Crippen LogP contribution in [0.25, 0.3) is 0 Å². The van der Waals surface area contributed by atoms with Gasteiger partial charge in [-0.1, -0.05) is 48.5 Å². The van der Waals surface area contributed by atoms with E-state index >= 15 is 0 Å². The number of Topliss-reactive ketones (excluding diaryl/α,β-unsaturated/α-hetero) is 1. The van der Waals surface area contributed by atoms with E-state index in [1.54, 1.807) is 0 Å². The van der Waals surface area contributed by atoms with E-state index in [0.717, 1.165) is 27.2 Å². The average molecular weight is 438 g/mol. The molecule has 0 N–H and O–H groups in total. The lowest BCUT2D eigenvalue weighted by Gasteiger charge is -2.52. The molecular formula is C26H18N2O5. The van der Waals surface area contributed by atoms with Gasteiger partial charge in [-0.2, -0.15) is 0 Å². The molecule has 33 heavy (non-hydrogen) atoms. The maximum atomic E-state index is 13.9. The molecule has 1 aliphatic heterocycles. The van der Waals surface area contributed by atoms with E-state index in [1.165, 1.54) is 31.2 Å². The highest BCUT2D eigenvalue weighted by atomic mass is 16.6.